The molecule has 0 aliphatic rings. The summed E-state index contributed by atoms with van der Waals surface area (Å²) in [6, 6.07) is 0. The summed E-state index contributed by atoms with van der Waals surface area (Å²) in [5.41, 5.74) is -0.350. The number of aliphatic hydroxyl groups is 1. The van der Waals surface area contributed by atoms with Gasteiger partial charge < -0.3 is 24.6 Å². The number of nitrogens with one attached hydrogen (secondary N) is 1. The molecular formula is C17H35NO5. The predicted octanol–water partition coefficient (Wildman–Crippen LogP) is 1.61. The number of carbonyl (C=O) groups excluding carboxylic acids is 1. The fourth-order valence-electron chi connectivity index (χ4n) is 1.59. The Morgan fingerprint density at radius 3 is 2.30 bits per heavy atom. The van der Waals surface area contributed by atoms with E-state index < -0.39 is 0 Å². The van der Waals surface area contributed by atoms with Gasteiger partial charge in [0.2, 0.25) is 5.91 Å². The van der Waals surface area contributed by atoms with Gasteiger partial charge in [-0.15, -0.1) is 0 Å². The highest BCUT2D eigenvalue weighted by atomic mass is 16.5. The van der Waals surface area contributed by atoms with Crippen LogP contribution in [-0.2, 0) is 19.0 Å². The van der Waals surface area contributed by atoms with Crippen molar-refractivity contribution < 1.29 is 24.1 Å². The lowest BCUT2D eigenvalue weighted by Gasteiger charge is -2.17. The maximum Gasteiger partial charge on any atom is 0.225 e. The fraction of sp³-hybridized carbons (Fsp3) is 0.941. The van der Waals surface area contributed by atoms with Gasteiger partial charge in [-0.3, -0.25) is 4.79 Å². The predicted molar refractivity (Wildman–Crippen MR) is 90.4 cm³/mol. The highest BCUT2D eigenvalue weighted by Crippen LogP contribution is 2.12. The molecule has 1 amide bonds. The standard InChI is InChI=1S/C17H35NO5/c1-14(2)23-13-15(11-19)12-22-10-9-21-8-6-7-18-16(20)17(3,4)5/h14-15,19H,6-13H2,1-5H3,(H,18,20). The number of ether oxygens (including phenoxy) is 3. The lowest BCUT2D eigenvalue weighted by atomic mass is 9.96. The van der Waals surface area contributed by atoms with E-state index in [1.165, 1.54) is 0 Å². The number of aliphatic hydroxyl groups excluding tert-OH is 1. The number of carbonyl (C=O) groups is 1. The topological polar surface area (TPSA) is 77.0 Å². The second-order valence-corrected chi connectivity index (χ2v) is 6.98. The molecule has 6 nitrogen and oxygen atoms in total. The quantitative estimate of drug-likeness (QED) is 0.501. The minimum Gasteiger partial charge on any atom is -0.396 e. The zero-order valence-electron chi connectivity index (χ0n) is 15.4. The molecule has 0 aliphatic heterocycles. The molecule has 0 spiro atoms. The second-order valence-electron chi connectivity index (χ2n) is 6.98. The van der Waals surface area contributed by atoms with Crippen molar-refractivity contribution in [3.8, 4) is 0 Å². The van der Waals surface area contributed by atoms with E-state index >= 15 is 0 Å². The smallest absolute Gasteiger partial charge is 0.225 e. The van der Waals surface area contributed by atoms with Crippen LogP contribution in [0.25, 0.3) is 0 Å². The van der Waals surface area contributed by atoms with Crippen LogP contribution in [-0.4, -0.2) is 63.3 Å². The zero-order valence-corrected chi connectivity index (χ0v) is 15.4. The van der Waals surface area contributed by atoms with E-state index in [1.807, 2.05) is 34.6 Å². The molecule has 0 aromatic heterocycles. The lowest BCUT2D eigenvalue weighted by molar-refractivity contribution is -0.128. The molecule has 0 bridgehead atoms. The van der Waals surface area contributed by atoms with Crippen molar-refractivity contribution in [2.75, 3.05) is 46.2 Å². The van der Waals surface area contributed by atoms with Crippen LogP contribution in [0.3, 0.4) is 0 Å². The summed E-state index contributed by atoms with van der Waals surface area (Å²) < 4.78 is 16.4. The minimum absolute atomic E-state index is 0.00464. The number of hydrogen-bond donors (Lipinski definition) is 2. The highest BCUT2D eigenvalue weighted by molar-refractivity contribution is 5.81. The van der Waals surface area contributed by atoms with E-state index in [0.717, 1.165) is 6.42 Å². The normalized spacial score (nSPS) is 13.3. The van der Waals surface area contributed by atoms with Gasteiger partial charge in [0.15, 0.2) is 0 Å². The summed E-state index contributed by atoms with van der Waals surface area (Å²) >= 11 is 0. The first-order valence-electron chi connectivity index (χ1n) is 8.43. The molecule has 23 heavy (non-hydrogen) atoms. The molecule has 0 aromatic rings. The van der Waals surface area contributed by atoms with Crippen LogP contribution < -0.4 is 5.32 Å². The van der Waals surface area contributed by atoms with Gasteiger partial charge >= 0.3 is 0 Å². The Hall–Kier alpha value is -0.690. The summed E-state index contributed by atoms with van der Waals surface area (Å²) in [5, 5.41) is 12.1. The number of rotatable bonds is 13. The molecule has 0 fully saturated rings. The van der Waals surface area contributed by atoms with Crippen molar-refractivity contribution >= 4 is 5.91 Å². The van der Waals surface area contributed by atoms with Crippen LogP contribution in [0.15, 0.2) is 0 Å². The Bertz CT molecular complexity index is 302. The van der Waals surface area contributed by atoms with Crippen LogP contribution in [0, 0.1) is 11.3 Å². The van der Waals surface area contributed by atoms with E-state index in [4.69, 9.17) is 14.2 Å². The van der Waals surface area contributed by atoms with E-state index in [9.17, 15) is 9.90 Å². The second kappa shape index (κ2) is 12.7. The van der Waals surface area contributed by atoms with Gasteiger partial charge in [0, 0.05) is 24.5 Å². The van der Waals surface area contributed by atoms with Gasteiger partial charge in [-0.1, -0.05) is 20.8 Å². The Morgan fingerprint density at radius 2 is 1.74 bits per heavy atom. The molecule has 138 valence electrons. The monoisotopic (exact) mass is 333 g/mol. The van der Waals surface area contributed by atoms with Gasteiger partial charge in [-0.05, 0) is 20.3 Å². The van der Waals surface area contributed by atoms with Crippen molar-refractivity contribution in [3.63, 3.8) is 0 Å². The van der Waals surface area contributed by atoms with E-state index in [0.29, 0.717) is 39.6 Å². The maximum atomic E-state index is 11.6. The van der Waals surface area contributed by atoms with Crippen molar-refractivity contribution in [1.82, 2.24) is 5.32 Å². The van der Waals surface area contributed by atoms with E-state index in [2.05, 4.69) is 5.32 Å². The van der Waals surface area contributed by atoms with Gasteiger partial charge in [-0.2, -0.15) is 0 Å². The Kier molecular flexibility index (Phi) is 12.3. The molecule has 2 N–H and O–H groups in total. The third-order valence-electron chi connectivity index (χ3n) is 3.08. The summed E-state index contributed by atoms with van der Waals surface area (Å²) in [7, 11) is 0. The highest BCUT2D eigenvalue weighted by Gasteiger charge is 2.20. The summed E-state index contributed by atoms with van der Waals surface area (Å²) in [6.07, 6.45) is 0.940. The van der Waals surface area contributed by atoms with Crippen molar-refractivity contribution in [2.24, 2.45) is 11.3 Å². The Balaban J connectivity index is 3.44. The largest absolute Gasteiger partial charge is 0.396 e. The molecule has 1 atom stereocenters. The maximum absolute atomic E-state index is 11.6. The average Bonchev–Trinajstić information content (AvgIpc) is 2.47. The van der Waals surface area contributed by atoms with Gasteiger partial charge in [0.1, 0.15) is 0 Å². The average molecular weight is 333 g/mol. The van der Waals surface area contributed by atoms with E-state index in [-0.39, 0.29) is 30.0 Å². The third-order valence-corrected chi connectivity index (χ3v) is 3.08. The zero-order chi connectivity index (χ0) is 17.7. The molecule has 1 unspecified atom stereocenters. The van der Waals surface area contributed by atoms with E-state index in [1.54, 1.807) is 0 Å². The SMILES string of the molecule is CC(C)OCC(CO)COCCOCCCNC(=O)C(C)(C)C. The molecule has 6 heteroatoms. The van der Waals surface area contributed by atoms with Crippen LogP contribution in [0.4, 0.5) is 0 Å². The number of amides is 1. The first kappa shape index (κ1) is 22.3. The van der Waals surface area contributed by atoms with Crippen molar-refractivity contribution in [3.05, 3.63) is 0 Å². The molecule has 0 saturated carbocycles. The Morgan fingerprint density at radius 1 is 1.09 bits per heavy atom. The molecule has 0 aliphatic carbocycles. The van der Waals surface area contributed by atoms with Crippen LogP contribution >= 0.6 is 0 Å². The molecule has 0 heterocycles. The van der Waals surface area contributed by atoms with Gasteiger partial charge in [0.25, 0.3) is 0 Å². The van der Waals surface area contributed by atoms with Crippen molar-refractivity contribution in [2.45, 2.75) is 47.1 Å². The summed E-state index contributed by atoms with van der Waals surface area (Å²) in [6.45, 7) is 12.8. The van der Waals surface area contributed by atoms with Crippen LogP contribution in [0.5, 0.6) is 0 Å². The molecular weight excluding hydrogens is 298 g/mol. The first-order chi connectivity index (χ1) is 10.8. The molecule has 0 radical (unpaired) electrons. The fourth-order valence-corrected chi connectivity index (χ4v) is 1.59. The molecule has 0 saturated heterocycles. The molecule has 0 aromatic carbocycles. The summed E-state index contributed by atoms with van der Waals surface area (Å²) in [5.74, 6) is 0.0597. The Labute approximate surface area is 140 Å². The van der Waals surface area contributed by atoms with Gasteiger partial charge in [0.05, 0.1) is 39.1 Å². The summed E-state index contributed by atoms with van der Waals surface area (Å²) in [4.78, 5) is 11.6. The molecule has 0 rings (SSSR count). The van der Waals surface area contributed by atoms with Crippen LogP contribution in [0.1, 0.15) is 41.0 Å². The van der Waals surface area contributed by atoms with Crippen LogP contribution in [0.2, 0.25) is 0 Å². The number of hydrogen-bond acceptors (Lipinski definition) is 5. The lowest BCUT2D eigenvalue weighted by Crippen LogP contribution is -2.35. The van der Waals surface area contributed by atoms with Crippen molar-refractivity contribution in [1.29, 1.82) is 0 Å². The first-order valence-corrected chi connectivity index (χ1v) is 8.43. The van der Waals surface area contributed by atoms with Gasteiger partial charge in [-0.25, -0.2) is 0 Å². The third kappa shape index (κ3) is 13.4. The minimum atomic E-state index is -0.350.